The van der Waals surface area contributed by atoms with E-state index in [0.717, 1.165) is 10.4 Å². The van der Waals surface area contributed by atoms with Gasteiger partial charge in [0.15, 0.2) is 0 Å². The van der Waals surface area contributed by atoms with Crippen molar-refractivity contribution in [3.63, 3.8) is 0 Å². The normalized spacial score (nSPS) is 10.8. The Morgan fingerprint density at radius 2 is 2.56 bits per heavy atom. The van der Waals surface area contributed by atoms with Crippen LogP contribution < -0.4 is 0 Å². The number of aryl methyl sites for hydroxylation is 1. The van der Waals surface area contributed by atoms with Gasteiger partial charge in [-0.15, -0.1) is 11.3 Å². The second kappa shape index (κ2) is 1.57. The molecule has 0 amide bonds. The number of hydrogen-bond donors (Lipinski definition) is 0. The Balaban J connectivity index is 2.99. The van der Waals surface area contributed by atoms with Crippen molar-refractivity contribution in [2.24, 2.45) is 0 Å². The third-order valence-electron chi connectivity index (χ3n) is 1.24. The maximum absolute atomic E-state index is 5.09. The third kappa shape index (κ3) is 0.580. The Morgan fingerprint density at radius 3 is 3.33 bits per heavy atom. The number of nitrogens with zero attached hydrogens (tertiary/aromatic N) is 1. The van der Waals surface area contributed by atoms with Gasteiger partial charge in [0, 0.05) is 5.56 Å². The van der Waals surface area contributed by atoms with Gasteiger partial charge in [0.2, 0.25) is 5.71 Å². The summed E-state index contributed by atoms with van der Waals surface area (Å²) < 4.78 is 6.25. The zero-order chi connectivity index (χ0) is 6.27. The van der Waals surface area contributed by atoms with Gasteiger partial charge in [-0.3, -0.25) is 0 Å². The standard InChI is InChI=1S/C6H5NOS/c1-4-2-8-6-5(4)9-3-7-6/h2-3H,1H3. The van der Waals surface area contributed by atoms with E-state index >= 15 is 0 Å². The molecule has 0 atom stereocenters. The number of fused-ring (bicyclic) bond motifs is 1. The van der Waals surface area contributed by atoms with E-state index in [1.165, 1.54) is 5.56 Å². The summed E-state index contributed by atoms with van der Waals surface area (Å²) in [5, 5.41) is 0. The lowest BCUT2D eigenvalue weighted by Gasteiger charge is -1.70. The summed E-state index contributed by atoms with van der Waals surface area (Å²) in [4.78, 5) is 3.99. The number of aromatic nitrogens is 1. The highest BCUT2D eigenvalue weighted by atomic mass is 32.1. The van der Waals surface area contributed by atoms with Crippen LogP contribution in [0, 0.1) is 6.92 Å². The van der Waals surface area contributed by atoms with E-state index in [9.17, 15) is 0 Å². The minimum Gasteiger partial charge on any atom is -0.445 e. The Kier molecular flexibility index (Phi) is 0.873. The molecule has 9 heavy (non-hydrogen) atoms. The number of hydrogen-bond acceptors (Lipinski definition) is 3. The Labute approximate surface area is 56.1 Å². The highest BCUT2D eigenvalue weighted by Crippen LogP contribution is 2.22. The summed E-state index contributed by atoms with van der Waals surface area (Å²) in [6.45, 7) is 2.02. The molecule has 0 saturated carbocycles. The van der Waals surface area contributed by atoms with Crippen LogP contribution in [0.15, 0.2) is 16.2 Å². The van der Waals surface area contributed by atoms with Gasteiger partial charge in [-0.05, 0) is 6.92 Å². The molecule has 2 heterocycles. The maximum Gasteiger partial charge on any atom is 0.237 e. The van der Waals surface area contributed by atoms with Gasteiger partial charge in [-0.25, -0.2) is 4.98 Å². The highest BCUT2D eigenvalue weighted by molar-refractivity contribution is 7.16. The topological polar surface area (TPSA) is 26.0 Å². The first-order chi connectivity index (χ1) is 4.38. The minimum absolute atomic E-state index is 0.762. The van der Waals surface area contributed by atoms with Crippen LogP contribution in [-0.4, -0.2) is 4.98 Å². The predicted octanol–water partition coefficient (Wildman–Crippen LogP) is 2.20. The number of rotatable bonds is 0. The fourth-order valence-corrected chi connectivity index (χ4v) is 1.47. The average Bonchev–Trinajstić information content (AvgIpc) is 2.35. The fraction of sp³-hybridized carbons (Fsp3) is 0.167. The van der Waals surface area contributed by atoms with E-state index < -0.39 is 0 Å². The lowest BCUT2D eigenvalue weighted by atomic mass is 10.4. The van der Waals surface area contributed by atoms with E-state index in [0.29, 0.717) is 0 Å². The molecule has 2 rings (SSSR count). The van der Waals surface area contributed by atoms with Crippen LogP contribution in [0.4, 0.5) is 0 Å². The highest BCUT2D eigenvalue weighted by Gasteiger charge is 2.01. The first-order valence-corrected chi connectivity index (χ1v) is 3.53. The van der Waals surface area contributed by atoms with Crippen LogP contribution >= 0.6 is 11.3 Å². The Hall–Kier alpha value is -0.830. The molecule has 0 radical (unpaired) electrons. The van der Waals surface area contributed by atoms with Crippen molar-refractivity contribution in [3.8, 4) is 0 Å². The number of furan rings is 1. The van der Waals surface area contributed by atoms with Gasteiger partial charge in [-0.2, -0.15) is 0 Å². The van der Waals surface area contributed by atoms with Crippen LogP contribution in [0.3, 0.4) is 0 Å². The smallest absolute Gasteiger partial charge is 0.237 e. The van der Waals surface area contributed by atoms with E-state index in [2.05, 4.69) is 4.98 Å². The van der Waals surface area contributed by atoms with Crippen LogP contribution in [0.1, 0.15) is 5.56 Å². The van der Waals surface area contributed by atoms with Crippen molar-refractivity contribution >= 4 is 21.8 Å². The summed E-state index contributed by atoms with van der Waals surface area (Å²) in [6.07, 6.45) is 1.73. The van der Waals surface area contributed by atoms with Crippen LogP contribution in [0.25, 0.3) is 10.4 Å². The molecule has 0 aromatic carbocycles. The van der Waals surface area contributed by atoms with Crippen molar-refractivity contribution in [1.29, 1.82) is 0 Å². The summed E-state index contributed by atoms with van der Waals surface area (Å²) in [5.41, 5.74) is 3.73. The van der Waals surface area contributed by atoms with Crippen LogP contribution in [0.2, 0.25) is 0 Å². The molecule has 2 nitrogen and oxygen atoms in total. The molecule has 2 aromatic rings. The second-order valence-corrected chi connectivity index (χ2v) is 2.76. The summed E-state index contributed by atoms with van der Waals surface area (Å²) in [7, 11) is 0. The van der Waals surface area contributed by atoms with Gasteiger partial charge >= 0.3 is 0 Å². The molecular formula is C6H5NOS. The largest absolute Gasteiger partial charge is 0.445 e. The maximum atomic E-state index is 5.09. The van der Waals surface area contributed by atoms with E-state index in [1.54, 1.807) is 23.1 Å². The first kappa shape index (κ1) is 4.99. The zero-order valence-corrected chi connectivity index (χ0v) is 5.73. The van der Waals surface area contributed by atoms with Crippen molar-refractivity contribution < 1.29 is 4.42 Å². The van der Waals surface area contributed by atoms with Gasteiger partial charge in [0.1, 0.15) is 0 Å². The molecule has 3 heteroatoms. The second-order valence-electron chi connectivity index (χ2n) is 1.91. The molecule has 0 aliphatic rings. The molecule has 0 N–H and O–H groups in total. The molecule has 0 aliphatic carbocycles. The molecule has 0 aliphatic heterocycles. The van der Waals surface area contributed by atoms with E-state index in [-0.39, 0.29) is 0 Å². The molecule has 0 spiro atoms. The molecule has 46 valence electrons. The van der Waals surface area contributed by atoms with E-state index in [4.69, 9.17) is 4.42 Å². The van der Waals surface area contributed by atoms with Gasteiger partial charge < -0.3 is 4.42 Å². The quantitative estimate of drug-likeness (QED) is 0.559. The van der Waals surface area contributed by atoms with Gasteiger partial charge in [0.05, 0.1) is 16.5 Å². The van der Waals surface area contributed by atoms with Crippen molar-refractivity contribution in [2.75, 3.05) is 0 Å². The van der Waals surface area contributed by atoms with Crippen molar-refractivity contribution in [2.45, 2.75) is 6.92 Å². The predicted molar refractivity (Wildman–Crippen MR) is 36.6 cm³/mol. The van der Waals surface area contributed by atoms with Gasteiger partial charge in [-0.1, -0.05) is 0 Å². The molecule has 2 aromatic heterocycles. The Bertz CT molecular complexity index is 322. The first-order valence-electron chi connectivity index (χ1n) is 2.65. The van der Waals surface area contributed by atoms with Crippen molar-refractivity contribution in [3.05, 3.63) is 17.3 Å². The average molecular weight is 139 g/mol. The van der Waals surface area contributed by atoms with E-state index in [1.807, 2.05) is 6.92 Å². The lowest BCUT2D eigenvalue weighted by Crippen LogP contribution is -1.54. The van der Waals surface area contributed by atoms with Gasteiger partial charge in [0.25, 0.3) is 0 Å². The van der Waals surface area contributed by atoms with Crippen molar-refractivity contribution in [1.82, 2.24) is 4.98 Å². The summed E-state index contributed by atoms with van der Waals surface area (Å²) in [5.74, 6) is 0. The number of thiazole rings is 1. The summed E-state index contributed by atoms with van der Waals surface area (Å²) >= 11 is 1.62. The lowest BCUT2D eigenvalue weighted by molar-refractivity contribution is 0.602. The Morgan fingerprint density at radius 1 is 1.67 bits per heavy atom. The fourth-order valence-electron chi connectivity index (χ4n) is 0.779. The molecule has 0 saturated heterocycles. The molecule has 0 fully saturated rings. The third-order valence-corrected chi connectivity index (χ3v) is 2.18. The monoisotopic (exact) mass is 139 g/mol. The van der Waals surface area contributed by atoms with Crippen LogP contribution in [0.5, 0.6) is 0 Å². The van der Waals surface area contributed by atoms with Crippen LogP contribution in [-0.2, 0) is 0 Å². The molecule has 0 unspecified atom stereocenters. The SMILES string of the molecule is Cc1coc2ncsc12. The molecule has 0 bridgehead atoms. The zero-order valence-electron chi connectivity index (χ0n) is 4.92. The minimum atomic E-state index is 0.762. The summed E-state index contributed by atoms with van der Waals surface area (Å²) in [6, 6.07) is 0. The molecular weight excluding hydrogens is 134 g/mol.